The predicted octanol–water partition coefficient (Wildman–Crippen LogP) is 2.96. The number of ketones is 1. The summed E-state index contributed by atoms with van der Waals surface area (Å²) < 4.78 is 0. The molecule has 1 rings (SSSR count). The summed E-state index contributed by atoms with van der Waals surface area (Å²) in [6, 6.07) is 0. The Kier molecular flexibility index (Phi) is 2.71. The van der Waals surface area contributed by atoms with Gasteiger partial charge >= 0.3 is 0 Å². The van der Waals surface area contributed by atoms with Gasteiger partial charge in [0.15, 0.2) is 5.78 Å². The minimum Gasteiger partial charge on any atom is -0.294 e. The SMILES string of the molecule is CC(C)=C1CCC(C(C)C)C1=O. The quantitative estimate of drug-likeness (QED) is 0.547. The van der Waals surface area contributed by atoms with Gasteiger partial charge in [-0.15, -0.1) is 0 Å². The second-order valence-corrected chi connectivity index (χ2v) is 4.23. The molecule has 1 aliphatic carbocycles. The Morgan fingerprint density at radius 2 is 2.00 bits per heavy atom. The Balaban J connectivity index is 2.82. The van der Waals surface area contributed by atoms with Crippen LogP contribution in [0.3, 0.4) is 0 Å². The van der Waals surface area contributed by atoms with E-state index in [-0.39, 0.29) is 0 Å². The Morgan fingerprint density at radius 3 is 2.25 bits per heavy atom. The van der Waals surface area contributed by atoms with E-state index in [9.17, 15) is 4.79 Å². The summed E-state index contributed by atoms with van der Waals surface area (Å²) in [4.78, 5) is 11.7. The molecule has 0 saturated heterocycles. The summed E-state index contributed by atoms with van der Waals surface area (Å²) in [5.74, 6) is 1.22. The lowest BCUT2D eigenvalue weighted by molar-refractivity contribution is -0.118. The van der Waals surface area contributed by atoms with E-state index >= 15 is 0 Å². The van der Waals surface area contributed by atoms with Gasteiger partial charge in [0, 0.05) is 5.92 Å². The number of Topliss-reactive ketones (excluding diaryl/α,β-unsaturated/α-hetero) is 1. The first-order valence-corrected chi connectivity index (χ1v) is 4.74. The van der Waals surface area contributed by atoms with Gasteiger partial charge in [-0.1, -0.05) is 19.4 Å². The standard InChI is InChI=1S/C11H18O/c1-7(2)9-5-6-10(8(3)4)11(9)12/h7,9H,5-6H2,1-4H3. The van der Waals surface area contributed by atoms with Crippen molar-refractivity contribution < 1.29 is 4.79 Å². The fourth-order valence-electron chi connectivity index (χ4n) is 1.91. The molecule has 1 atom stereocenters. The van der Waals surface area contributed by atoms with Crippen LogP contribution in [0.25, 0.3) is 0 Å². The number of allylic oxidation sites excluding steroid dienone is 2. The summed E-state index contributed by atoms with van der Waals surface area (Å²) in [7, 11) is 0. The van der Waals surface area contributed by atoms with Crippen LogP contribution in [0.4, 0.5) is 0 Å². The lowest BCUT2D eigenvalue weighted by Gasteiger charge is -2.10. The fraction of sp³-hybridized carbons (Fsp3) is 0.727. The van der Waals surface area contributed by atoms with E-state index in [0.717, 1.165) is 18.4 Å². The first kappa shape index (κ1) is 9.50. The topological polar surface area (TPSA) is 17.1 Å². The molecule has 1 aliphatic rings. The van der Waals surface area contributed by atoms with Crippen molar-refractivity contribution in [3.8, 4) is 0 Å². The third-order valence-electron chi connectivity index (χ3n) is 2.75. The van der Waals surface area contributed by atoms with Gasteiger partial charge in [-0.25, -0.2) is 0 Å². The van der Waals surface area contributed by atoms with Crippen LogP contribution in [-0.4, -0.2) is 5.78 Å². The summed E-state index contributed by atoms with van der Waals surface area (Å²) in [5, 5.41) is 0. The van der Waals surface area contributed by atoms with Crippen molar-refractivity contribution in [1.82, 2.24) is 0 Å². The smallest absolute Gasteiger partial charge is 0.162 e. The molecule has 68 valence electrons. The lowest BCUT2D eigenvalue weighted by atomic mass is 9.93. The van der Waals surface area contributed by atoms with Gasteiger partial charge < -0.3 is 0 Å². The van der Waals surface area contributed by atoms with Crippen LogP contribution in [0.2, 0.25) is 0 Å². The molecule has 0 bridgehead atoms. The highest BCUT2D eigenvalue weighted by molar-refractivity contribution is 5.99. The van der Waals surface area contributed by atoms with E-state index in [4.69, 9.17) is 0 Å². The van der Waals surface area contributed by atoms with Gasteiger partial charge in [0.25, 0.3) is 0 Å². The summed E-state index contributed by atoms with van der Waals surface area (Å²) in [5.41, 5.74) is 2.30. The molecule has 0 aromatic carbocycles. The molecule has 0 spiro atoms. The zero-order chi connectivity index (χ0) is 9.30. The van der Waals surface area contributed by atoms with Crippen LogP contribution in [0, 0.1) is 11.8 Å². The largest absolute Gasteiger partial charge is 0.294 e. The molecule has 0 radical (unpaired) electrons. The molecule has 12 heavy (non-hydrogen) atoms. The predicted molar refractivity (Wildman–Crippen MR) is 50.9 cm³/mol. The molecule has 0 amide bonds. The van der Waals surface area contributed by atoms with Crippen molar-refractivity contribution in [2.24, 2.45) is 11.8 Å². The number of carbonyl (C=O) groups excluding carboxylic acids is 1. The second-order valence-electron chi connectivity index (χ2n) is 4.23. The molecular formula is C11H18O. The van der Waals surface area contributed by atoms with Crippen molar-refractivity contribution in [2.75, 3.05) is 0 Å². The van der Waals surface area contributed by atoms with E-state index < -0.39 is 0 Å². The van der Waals surface area contributed by atoms with Crippen molar-refractivity contribution in [1.29, 1.82) is 0 Å². The van der Waals surface area contributed by atoms with Gasteiger partial charge in [0.1, 0.15) is 0 Å². The number of hydrogen-bond donors (Lipinski definition) is 0. The van der Waals surface area contributed by atoms with Gasteiger partial charge in [-0.05, 0) is 38.2 Å². The Morgan fingerprint density at radius 1 is 1.42 bits per heavy atom. The molecule has 0 aliphatic heterocycles. The first-order chi connectivity index (χ1) is 5.54. The van der Waals surface area contributed by atoms with E-state index in [0.29, 0.717) is 17.6 Å². The van der Waals surface area contributed by atoms with E-state index in [2.05, 4.69) is 13.8 Å². The molecule has 1 fully saturated rings. The van der Waals surface area contributed by atoms with E-state index in [1.54, 1.807) is 0 Å². The normalized spacial score (nSPS) is 23.9. The maximum absolute atomic E-state index is 11.7. The first-order valence-electron chi connectivity index (χ1n) is 4.74. The molecule has 1 saturated carbocycles. The van der Waals surface area contributed by atoms with Crippen molar-refractivity contribution in [3.05, 3.63) is 11.1 Å². The van der Waals surface area contributed by atoms with Crippen LogP contribution in [0.15, 0.2) is 11.1 Å². The second kappa shape index (κ2) is 3.42. The number of carbonyl (C=O) groups is 1. The summed E-state index contributed by atoms with van der Waals surface area (Å²) >= 11 is 0. The maximum Gasteiger partial charge on any atom is 0.162 e. The molecule has 1 heteroatoms. The van der Waals surface area contributed by atoms with Crippen LogP contribution >= 0.6 is 0 Å². The molecule has 0 aromatic heterocycles. The van der Waals surface area contributed by atoms with Gasteiger partial charge in [0.2, 0.25) is 0 Å². The zero-order valence-electron chi connectivity index (χ0n) is 8.48. The average molecular weight is 166 g/mol. The Hall–Kier alpha value is -0.590. The third-order valence-corrected chi connectivity index (χ3v) is 2.75. The Labute approximate surface area is 74.9 Å². The van der Waals surface area contributed by atoms with E-state index in [1.165, 1.54) is 5.57 Å². The highest BCUT2D eigenvalue weighted by Crippen LogP contribution is 2.33. The zero-order valence-corrected chi connectivity index (χ0v) is 8.48. The third kappa shape index (κ3) is 1.60. The van der Waals surface area contributed by atoms with Gasteiger partial charge in [-0.3, -0.25) is 4.79 Å². The molecule has 1 nitrogen and oxygen atoms in total. The summed E-state index contributed by atoms with van der Waals surface area (Å²) in [6.07, 6.45) is 2.07. The van der Waals surface area contributed by atoms with Crippen molar-refractivity contribution in [2.45, 2.75) is 40.5 Å². The molecular weight excluding hydrogens is 148 g/mol. The van der Waals surface area contributed by atoms with Crippen LogP contribution < -0.4 is 0 Å². The maximum atomic E-state index is 11.7. The Bertz CT molecular complexity index is 219. The lowest BCUT2D eigenvalue weighted by Crippen LogP contribution is -2.14. The van der Waals surface area contributed by atoms with Gasteiger partial charge in [0.05, 0.1) is 0 Å². The number of hydrogen-bond acceptors (Lipinski definition) is 1. The molecule has 0 heterocycles. The monoisotopic (exact) mass is 166 g/mol. The minimum atomic E-state index is 0.301. The van der Waals surface area contributed by atoms with Crippen LogP contribution in [0.1, 0.15) is 40.5 Å². The van der Waals surface area contributed by atoms with Crippen molar-refractivity contribution in [3.63, 3.8) is 0 Å². The van der Waals surface area contributed by atoms with Gasteiger partial charge in [-0.2, -0.15) is 0 Å². The molecule has 0 N–H and O–H groups in total. The average Bonchev–Trinajstić information content (AvgIpc) is 2.30. The minimum absolute atomic E-state index is 0.301. The van der Waals surface area contributed by atoms with Crippen molar-refractivity contribution >= 4 is 5.78 Å². The number of rotatable bonds is 1. The summed E-state index contributed by atoms with van der Waals surface area (Å²) in [6.45, 7) is 8.35. The molecule has 1 unspecified atom stereocenters. The van der Waals surface area contributed by atoms with Crippen LogP contribution in [0.5, 0.6) is 0 Å². The fourth-order valence-corrected chi connectivity index (χ4v) is 1.91. The molecule has 0 aromatic rings. The van der Waals surface area contributed by atoms with E-state index in [1.807, 2.05) is 13.8 Å². The highest BCUT2D eigenvalue weighted by atomic mass is 16.1. The highest BCUT2D eigenvalue weighted by Gasteiger charge is 2.31. The van der Waals surface area contributed by atoms with Crippen LogP contribution in [-0.2, 0) is 4.79 Å².